The van der Waals surface area contributed by atoms with Crippen molar-refractivity contribution in [3.8, 4) is 0 Å². The first-order valence-electron chi connectivity index (χ1n) is 14.5. The second kappa shape index (κ2) is 13.5. The van der Waals surface area contributed by atoms with Crippen molar-refractivity contribution in [2.45, 2.75) is 74.8 Å². The smallest absolute Gasteiger partial charge is 0.346 e. The molecule has 1 saturated heterocycles. The molecule has 0 unspecified atom stereocenters. The summed E-state index contributed by atoms with van der Waals surface area (Å²) in [6, 6.07) is 17.6. The average molecular weight is 643 g/mol. The van der Waals surface area contributed by atoms with Crippen LogP contribution in [0.2, 0.25) is 0 Å². The summed E-state index contributed by atoms with van der Waals surface area (Å²) in [7, 11) is 0. The largest absolute Gasteiger partial charge is 0.416 e. The molecule has 0 atom stereocenters. The van der Waals surface area contributed by atoms with E-state index in [1.54, 1.807) is 0 Å². The summed E-state index contributed by atoms with van der Waals surface area (Å²) in [6.07, 6.45) is -5.94. The molecule has 11 heteroatoms. The van der Waals surface area contributed by atoms with Crippen LogP contribution in [0.4, 0.5) is 30.7 Å². The third kappa shape index (κ3) is 7.93. The van der Waals surface area contributed by atoms with Gasteiger partial charge in [0.25, 0.3) is 0 Å². The second-order valence-corrected chi connectivity index (χ2v) is 11.7. The molecule has 5 rings (SSSR count). The van der Waals surface area contributed by atoms with Crippen LogP contribution in [-0.2, 0) is 29.1 Å². The van der Waals surface area contributed by atoms with Crippen LogP contribution in [0.25, 0.3) is 0 Å². The Bertz CT molecular complexity index is 1360. The lowest BCUT2D eigenvalue weighted by Gasteiger charge is -2.46. The van der Waals surface area contributed by atoms with Gasteiger partial charge in [0.15, 0.2) is 0 Å². The summed E-state index contributed by atoms with van der Waals surface area (Å²) in [6.45, 7) is 1.79. The number of nitrogens with zero attached hydrogens (tertiary/aromatic N) is 1. The van der Waals surface area contributed by atoms with Crippen molar-refractivity contribution in [3.63, 3.8) is 0 Å². The number of carbonyl (C=O) groups is 1. The minimum atomic E-state index is -4.98. The van der Waals surface area contributed by atoms with Gasteiger partial charge in [0.05, 0.1) is 23.1 Å². The number of rotatable bonds is 6. The maximum absolute atomic E-state index is 13.4. The van der Waals surface area contributed by atoms with Crippen LogP contribution in [-0.4, -0.2) is 29.9 Å². The van der Waals surface area contributed by atoms with E-state index in [0.29, 0.717) is 36.9 Å². The van der Waals surface area contributed by atoms with E-state index >= 15 is 0 Å². The minimum absolute atomic E-state index is 0. The van der Waals surface area contributed by atoms with Gasteiger partial charge >= 0.3 is 12.4 Å². The summed E-state index contributed by atoms with van der Waals surface area (Å²) >= 11 is 0. The monoisotopic (exact) mass is 642 g/mol. The van der Waals surface area contributed by atoms with Crippen LogP contribution < -0.4 is 5.32 Å². The van der Waals surface area contributed by atoms with Gasteiger partial charge in [-0.15, -0.1) is 12.4 Å². The predicted molar refractivity (Wildman–Crippen MR) is 156 cm³/mol. The standard InChI is InChI=1S/C33H33F7N2O.ClH/c34-28-8-6-23(7-9-28)24-12-16-42(17-13-24)29-10-14-31(15-11-29,25-4-2-1-3-5-25)41-30(43)20-22-18-26(32(35,36)37)21-27(19-22)33(38,39)40;/h1-9,18-19,21,24,29H,10-17,20H2,(H,41,43);1H. The van der Waals surface area contributed by atoms with Crippen molar-refractivity contribution in [1.82, 2.24) is 10.2 Å². The highest BCUT2D eigenvalue weighted by Crippen LogP contribution is 2.41. The number of amides is 1. The molecule has 2 fully saturated rings. The van der Waals surface area contributed by atoms with E-state index in [0.717, 1.165) is 49.9 Å². The highest BCUT2D eigenvalue weighted by Gasteiger charge is 2.41. The number of likely N-dealkylation sites (tertiary alicyclic amines) is 1. The summed E-state index contributed by atoms with van der Waals surface area (Å²) in [5.74, 6) is -0.509. The molecule has 3 aromatic carbocycles. The number of carbonyl (C=O) groups excluding carboxylic acids is 1. The molecular formula is C33H34ClF7N2O. The molecule has 0 bridgehead atoms. The van der Waals surface area contributed by atoms with Crippen molar-refractivity contribution in [2.75, 3.05) is 13.1 Å². The zero-order valence-electron chi connectivity index (χ0n) is 23.9. The lowest BCUT2D eigenvalue weighted by molar-refractivity contribution is -0.143. The first kappa shape index (κ1) is 33.8. The van der Waals surface area contributed by atoms with Crippen LogP contribution in [0.5, 0.6) is 0 Å². The topological polar surface area (TPSA) is 32.3 Å². The second-order valence-electron chi connectivity index (χ2n) is 11.7. The molecule has 44 heavy (non-hydrogen) atoms. The van der Waals surface area contributed by atoms with Gasteiger partial charge in [0.2, 0.25) is 5.91 Å². The Morgan fingerprint density at radius 2 is 1.34 bits per heavy atom. The van der Waals surface area contributed by atoms with Crippen LogP contribution in [0, 0.1) is 5.82 Å². The van der Waals surface area contributed by atoms with Gasteiger partial charge in [-0.25, -0.2) is 4.39 Å². The van der Waals surface area contributed by atoms with Gasteiger partial charge in [-0.05, 0) is 105 Å². The minimum Gasteiger partial charge on any atom is -0.346 e. The molecule has 1 heterocycles. The highest BCUT2D eigenvalue weighted by molar-refractivity contribution is 5.85. The molecule has 238 valence electrons. The molecule has 1 N–H and O–H groups in total. The molecule has 3 aromatic rings. The molecule has 3 nitrogen and oxygen atoms in total. The summed E-state index contributed by atoms with van der Waals surface area (Å²) in [5.41, 5.74) is -2.01. The summed E-state index contributed by atoms with van der Waals surface area (Å²) in [4.78, 5) is 15.7. The number of hydrogen-bond donors (Lipinski definition) is 1. The molecule has 0 radical (unpaired) electrons. The average Bonchev–Trinajstić information content (AvgIpc) is 2.97. The molecule has 0 aromatic heterocycles. The predicted octanol–water partition coefficient (Wildman–Crippen LogP) is 8.66. The number of alkyl halides is 6. The van der Waals surface area contributed by atoms with E-state index in [-0.39, 0.29) is 29.9 Å². The Kier molecular flexibility index (Phi) is 10.4. The number of piperidine rings is 1. The van der Waals surface area contributed by atoms with Gasteiger partial charge < -0.3 is 10.2 Å². The molecule has 1 amide bonds. The first-order valence-corrected chi connectivity index (χ1v) is 14.5. The lowest BCUT2D eigenvalue weighted by Crippen LogP contribution is -2.52. The zero-order chi connectivity index (χ0) is 30.8. The van der Waals surface area contributed by atoms with E-state index in [4.69, 9.17) is 0 Å². The molecule has 1 aliphatic carbocycles. The van der Waals surface area contributed by atoms with E-state index in [9.17, 15) is 35.5 Å². The number of hydrogen-bond acceptors (Lipinski definition) is 2. The maximum Gasteiger partial charge on any atom is 0.416 e. The summed E-state index contributed by atoms with van der Waals surface area (Å²) < 4.78 is 93.5. The molecular weight excluding hydrogens is 609 g/mol. The third-order valence-electron chi connectivity index (χ3n) is 8.91. The molecule has 2 aliphatic rings. The van der Waals surface area contributed by atoms with Crippen LogP contribution >= 0.6 is 12.4 Å². The lowest BCUT2D eigenvalue weighted by atomic mass is 9.74. The van der Waals surface area contributed by atoms with Crippen LogP contribution in [0.15, 0.2) is 72.8 Å². The van der Waals surface area contributed by atoms with Gasteiger partial charge in [0.1, 0.15) is 5.82 Å². The van der Waals surface area contributed by atoms with E-state index < -0.39 is 41.3 Å². The normalized spacial score (nSPS) is 21.8. The van der Waals surface area contributed by atoms with E-state index in [1.165, 1.54) is 12.1 Å². The van der Waals surface area contributed by atoms with Crippen LogP contribution in [0.1, 0.15) is 72.3 Å². The highest BCUT2D eigenvalue weighted by atomic mass is 35.5. The van der Waals surface area contributed by atoms with Gasteiger partial charge in [-0.2, -0.15) is 26.3 Å². The van der Waals surface area contributed by atoms with Gasteiger partial charge in [-0.1, -0.05) is 42.5 Å². The summed E-state index contributed by atoms with van der Waals surface area (Å²) in [5, 5.41) is 3.02. The SMILES string of the molecule is Cl.O=C(Cc1cc(C(F)(F)F)cc(C(F)(F)F)c1)NC1(c2ccccc2)CCC(N2CCC(c3ccc(F)cc3)CC2)CC1. The molecule has 1 saturated carbocycles. The molecule has 1 aliphatic heterocycles. The van der Waals surface area contributed by atoms with Gasteiger partial charge in [0, 0.05) is 6.04 Å². The maximum atomic E-state index is 13.4. The fraction of sp³-hybridized carbons (Fsp3) is 0.424. The fourth-order valence-corrected chi connectivity index (χ4v) is 6.65. The van der Waals surface area contributed by atoms with Crippen molar-refractivity contribution < 1.29 is 35.5 Å². The zero-order valence-corrected chi connectivity index (χ0v) is 24.7. The van der Waals surface area contributed by atoms with E-state index in [1.807, 2.05) is 42.5 Å². The Morgan fingerprint density at radius 3 is 1.86 bits per heavy atom. The van der Waals surface area contributed by atoms with Crippen molar-refractivity contribution in [2.24, 2.45) is 0 Å². The quantitative estimate of drug-likeness (QED) is 0.273. The van der Waals surface area contributed by atoms with Gasteiger partial charge in [-0.3, -0.25) is 4.79 Å². The van der Waals surface area contributed by atoms with Crippen molar-refractivity contribution in [3.05, 3.63) is 106 Å². The Hall–Kier alpha value is -3.11. The fourth-order valence-electron chi connectivity index (χ4n) is 6.65. The number of benzene rings is 3. The Balaban J connectivity index is 0.00000442. The Labute approximate surface area is 258 Å². The van der Waals surface area contributed by atoms with Crippen LogP contribution in [0.3, 0.4) is 0 Å². The Morgan fingerprint density at radius 1 is 0.795 bits per heavy atom. The number of nitrogens with one attached hydrogen (secondary N) is 1. The van der Waals surface area contributed by atoms with E-state index in [2.05, 4.69) is 10.2 Å². The van der Waals surface area contributed by atoms with Crippen molar-refractivity contribution in [1.29, 1.82) is 0 Å². The first-order chi connectivity index (χ1) is 20.3. The molecule has 0 spiro atoms. The number of halogens is 8. The van der Waals surface area contributed by atoms with Crippen molar-refractivity contribution >= 4 is 18.3 Å². The third-order valence-corrected chi connectivity index (χ3v) is 8.91.